The van der Waals surface area contributed by atoms with Crippen molar-refractivity contribution >= 4 is 18.8 Å². The Bertz CT molecular complexity index is 87.9. The molecule has 0 bridgehead atoms. The SMILES string of the molecule is COCCC(=O)[NH2+]OS. The van der Waals surface area contributed by atoms with Gasteiger partial charge >= 0.3 is 5.91 Å². The summed E-state index contributed by atoms with van der Waals surface area (Å²) < 4.78 is 8.80. The number of hydrogen-bond donors (Lipinski definition) is 2. The van der Waals surface area contributed by atoms with Crippen molar-refractivity contribution in [2.75, 3.05) is 13.7 Å². The van der Waals surface area contributed by atoms with Gasteiger partial charge in [0.2, 0.25) is 0 Å². The first-order chi connectivity index (χ1) is 4.31. The molecule has 2 N–H and O–H groups in total. The van der Waals surface area contributed by atoms with E-state index in [1.54, 1.807) is 0 Å². The molecule has 0 aliphatic rings. The van der Waals surface area contributed by atoms with Crippen LogP contribution in [0.3, 0.4) is 0 Å². The second-order valence-corrected chi connectivity index (χ2v) is 1.64. The predicted octanol–water partition coefficient (Wildman–Crippen LogP) is -1.11. The molecule has 0 unspecified atom stereocenters. The normalized spacial score (nSPS) is 9.56. The molecule has 54 valence electrons. The van der Waals surface area contributed by atoms with Crippen LogP contribution in [0.4, 0.5) is 0 Å². The highest BCUT2D eigenvalue weighted by Gasteiger charge is 2.03. The Morgan fingerprint density at radius 2 is 2.44 bits per heavy atom. The van der Waals surface area contributed by atoms with Crippen molar-refractivity contribution in [2.24, 2.45) is 0 Å². The van der Waals surface area contributed by atoms with Crippen molar-refractivity contribution in [1.29, 1.82) is 0 Å². The van der Waals surface area contributed by atoms with E-state index in [1.807, 2.05) is 0 Å². The number of nitrogens with two attached hydrogens (primary N) is 1. The largest absolute Gasteiger partial charge is 0.384 e. The highest BCUT2D eigenvalue weighted by atomic mass is 32.1. The van der Waals surface area contributed by atoms with Crippen LogP contribution in [0, 0.1) is 0 Å². The van der Waals surface area contributed by atoms with Crippen LogP contribution < -0.4 is 5.48 Å². The van der Waals surface area contributed by atoms with Crippen molar-refractivity contribution in [3.8, 4) is 0 Å². The lowest BCUT2D eigenvalue weighted by Gasteiger charge is -1.92. The smallest absolute Gasteiger partial charge is 0.345 e. The molecule has 0 radical (unpaired) electrons. The number of carbonyl (C=O) groups excluding carboxylic acids is 1. The summed E-state index contributed by atoms with van der Waals surface area (Å²) in [5.74, 6) is -0.119. The second kappa shape index (κ2) is 6.03. The van der Waals surface area contributed by atoms with Crippen molar-refractivity contribution < 1.29 is 19.3 Å². The molecule has 0 heterocycles. The Balaban J connectivity index is 3.06. The van der Waals surface area contributed by atoms with Crippen LogP contribution in [-0.4, -0.2) is 19.6 Å². The van der Waals surface area contributed by atoms with Crippen LogP contribution in [0.25, 0.3) is 0 Å². The number of hydroxylamine groups is 1. The van der Waals surface area contributed by atoms with Gasteiger partial charge in [-0.2, -0.15) is 0 Å². The van der Waals surface area contributed by atoms with Crippen LogP contribution in [0.1, 0.15) is 6.42 Å². The van der Waals surface area contributed by atoms with Gasteiger partial charge in [-0.3, -0.25) is 0 Å². The van der Waals surface area contributed by atoms with E-state index in [-0.39, 0.29) is 5.91 Å². The topological polar surface area (TPSA) is 52.1 Å². The minimum atomic E-state index is -0.119. The number of methoxy groups -OCH3 is 1. The molecule has 0 aromatic rings. The van der Waals surface area contributed by atoms with E-state index in [0.717, 1.165) is 5.48 Å². The number of carbonyl (C=O) groups is 1. The standard InChI is InChI=1S/C4H9NO3S/c1-7-3-2-4(6)5-8-9/h9H,2-3H2,1H3,(H,5,6)/p+1. The Morgan fingerprint density at radius 3 is 2.89 bits per heavy atom. The van der Waals surface area contributed by atoms with E-state index in [2.05, 4.69) is 21.9 Å². The Morgan fingerprint density at radius 1 is 1.78 bits per heavy atom. The minimum Gasteiger partial charge on any atom is -0.384 e. The summed E-state index contributed by atoms with van der Waals surface area (Å²) >= 11 is 3.36. The number of hydrogen-bond acceptors (Lipinski definition) is 4. The van der Waals surface area contributed by atoms with Gasteiger partial charge in [0.15, 0.2) is 0 Å². The summed E-state index contributed by atoms with van der Waals surface area (Å²) in [6.07, 6.45) is 0.344. The molecule has 0 aromatic heterocycles. The van der Waals surface area contributed by atoms with E-state index in [4.69, 9.17) is 0 Å². The molecule has 0 aliphatic heterocycles. The third kappa shape index (κ3) is 5.78. The number of ether oxygens (including phenoxy) is 1. The van der Waals surface area contributed by atoms with Crippen molar-refractivity contribution in [2.45, 2.75) is 6.42 Å². The number of amides is 1. The van der Waals surface area contributed by atoms with E-state index in [9.17, 15) is 4.79 Å². The van der Waals surface area contributed by atoms with E-state index in [0.29, 0.717) is 13.0 Å². The first kappa shape index (κ1) is 8.90. The molecule has 0 atom stereocenters. The van der Waals surface area contributed by atoms with Gasteiger partial charge in [0, 0.05) is 20.0 Å². The van der Waals surface area contributed by atoms with Gasteiger partial charge in [0.1, 0.15) is 0 Å². The number of primary amides is 1. The molecule has 0 aromatic carbocycles. The second-order valence-electron chi connectivity index (χ2n) is 1.43. The summed E-state index contributed by atoms with van der Waals surface area (Å²) in [6.45, 7) is 0.423. The maximum atomic E-state index is 10.5. The van der Waals surface area contributed by atoms with Crippen LogP contribution in [0.15, 0.2) is 0 Å². The van der Waals surface area contributed by atoms with Crippen LogP contribution in [0.2, 0.25) is 0 Å². The molecule has 1 amide bonds. The Labute approximate surface area is 59.1 Å². The molecule has 0 spiro atoms. The maximum Gasteiger partial charge on any atom is 0.345 e. The van der Waals surface area contributed by atoms with Gasteiger partial charge in [0.25, 0.3) is 0 Å². The predicted molar refractivity (Wildman–Crippen MR) is 33.5 cm³/mol. The molecule has 0 saturated heterocycles. The fraction of sp³-hybridized carbons (Fsp3) is 0.750. The molecule has 0 rings (SSSR count). The van der Waals surface area contributed by atoms with Crippen LogP contribution >= 0.6 is 12.9 Å². The number of rotatable bonds is 4. The zero-order valence-corrected chi connectivity index (χ0v) is 6.06. The fourth-order valence-corrected chi connectivity index (χ4v) is 0.438. The van der Waals surface area contributed by atoms with Crippen molar-refractivity contribution in [3.63, 3.8) is 0 Å². The lowest BCUT2D eigenvalue weighted by Crippen LogP contribution is -2.85. The lowest BCUT2D eigenvalue weighted by molar-refractivity contribution is -0.780. The quantitative estimate of drug-likeness (QED) is 0.305. The van der Waals surface area contributed by atoms with Gasteiger partial charge in [0.05, 0.1) is 13.0 Å². The van der Waals surface area contributed by atoms with Gasteiger partial charge < -0.3 is 4.74 Å². The van der Waals surface area contributed by atoms with Gasteiger partial charge in [-0.25, -0.2) is 4.79 Å². The molecule has 0 saturated carbocycles. The zero-order chi connectivity index (χ0) is 7.11. The summed E-state index contributed by atoms with van der Waals surface area (Å²) in [5, 5.41) is 0. The van der Waals surface area contributed by atoms with E-state index >= 15 is 0 Å². The first-order valence-electron chi connectivity index (χ1n) is 2.46. The third-order valence-corrected chi connectivity index (χ3v) is 0.842. The monoisotopic (exact) mass is 152 g/mol. The molecular formula is C4H10NO3S+. The Kier molecular flexibility index (Phi) is 5.96. The average molecular weight is 152 g/mol. The van der Waals surface area contributed by atoms with E-state index in [1.165, 1.54) is 7.11 Å². The van der Waals surface area contributed by atoms with E-state index < -0.39 is 0 Å². The number of thiol groups is 1. The average Bonchev–Trinajstić information content (AvgIpc) is 1.85. The summed E-state index contributed by atoms with van der Waals surface area (Å²) in [6, 6.07) is 0. The Hall–Kier alpha value is -0.100. The van der Waals surface area contributed by atoms with Crippen LogP contribution in [-0.2, 0) is 13.8 Å². The van der Waals surface area contributed by atoms with Crippen molar-refractivity contribution in [3.05, 3.63) is 0 Å². The summed E-state index contributed by atoms with van der Waals surface area (Å²) in [4.78, 5) is 10.5. The van der Waals surface area contributed by atoms with Gasteiger partial charge in [-0.15, -0.1) is 9.76 Å². The maximum absolute atomic E-state index is 10.5. The number of quaternary nitrogens is 1. The minimum absolute atomic E-state index is 0.119. The highest BCUT2D eigenvalue weighted by molar-refractivity contribution is 7.74. The third-order valence-electron chi connectivity index (χ3n) is 0.737. The lowest BCUT2D eigenvalue weighted by atomic mass is 10.4. The first-order valence-corrected chi connectivity index (χ1v) is 2.83. The molecule has 5 heteroatoms. The van der Waals surface area contributed by atoms with Gasteiger partial charge in [-0.05, 0) is 0 Å². The highest BCUT2D eigenvalue weighted by Crippen LogP contribution is 1.74. The summed E-state index contributed by atoms with van der Waals surface area (Å²) in [5.41, 5.74) is 1.04. The zero-order valence-electron chi connectivity index (χ0n) is 5.16. The molecular weight excluding hydrogens is 142 g/mol. The fourth-order valence-electron chi connectivity index (χ4n) is 0.320. The van der Waals surface area contributed by atoms with Crippen LogP contribution in [0.5, 0.6) is 0 Å². The summed E-state index contributed by atoms with van der Waals surface area (Å²) in [7, 11) is 1.54. The molecule has 4 nitrogen and oxygen atoms in total. The van der Waals surface area contributed by atoms with Crippen molar-refractivity contribution in [1.82, 2.24) is 0 Å². The molecule has 0 fully saturated rings. The molecule has 0 aliphatic carbocycles. The molecule has 9 heavy (non-hydrogen) atoms. The van der Waals surface area contributed by atoms with Gasteiger partial charge in [-0.1, -0.05) is 0 Å².